The SMILES string of the molecule is CCOC(=O)c1oc2ccccc2c1NC(=O)COC(=O)c1ccc(OC)c(F)c1. The first kappa shape index (κ1) is 20.8. The zero-order valence-corrected chi connectivity index (χ0v) is 16.2. The van der Waals surface area contributed by atoms with Gasteiger partial charge < -0.3 is 23.9 Å². The number of amides is 1. The number of methoxy groups -OCH3 is 1. The first-order valence-electron chi connectivity index (χ1n) is 8.93. The molecule has 8 nitrogen and oxygen atoms in total. The van der Waals surface area contributed by atoms with Crippen molar-refractivity contribution in [2.24, 2.45) is 0 Å². The van der Waals surface area contributed by atoms with Crippen LogP contribution >= 0.6 is 0 Å². The van der Waals surface area contributed by atoms with Crippen LogP contribution in [-0.4, -0.2) is 38.2 Å². The number of ether oxygens (including phenoxy) is 3. The van der Waals surface area contributed by atoms with Crippen molar-refractivity contribution >= 4 is 34.5 Å². The summed E-state index contributed by atoms with van der Waals surface area (Å²) >= 11 is 0. The van der Waals surface area contributed by atoms with Crippen LogP contribution in [0.5, 0.6) is 5.75 Å². The number of esters is 2. The highest BCUT2D eigenvalue weighted by molar-refractivity contribution is 6.10. The minimum absolute atomic E-state index is 0.0253. The number of rotatable bonds is 7. The maximum absolute atomic E-state index is 13.7. The number of para-hydroxylation sites is 1. The zero-order chi connectivity index (χ0) is 21.7. The molecule has 1 heterocycles. The molecular formula is C21H18FNO7. The fraction of sp³-hybridized carbons (Fsp3) is 0.190. The van der Waals surface area contributed by atoms with Gasteiger partial charge in [0.05, 0.1) is 19.3 Å². The van der Waals surface area contributed by atoms with E-state index in [4.69, 9.17) is 18.6 Å². The standard InChI is InChI=1S/C21H18FNO7/c1-3-28-21(26)19-18(13-6-4-5-7-15(13)30-19)23-17(24)11-29-20(25)12-8-9-16(27-2)14(22)10-12/h4-10H,3,11H2,1-2H3,(H,23,24). The van der Waals surface area contributed by atoms with Gasteiger partial charge in [0.25, 0.3) is 5.91 Å². The van der Waals surface area contributed by atoms with E-state index in [9.17, 15) is 18.8 Å². The van der Waals surface area contributed by atoms with Crippen molar-refractivity contribution in [1.82, 2.24) is 0 Å². The molecular weight excluding hydrogens is 397 g/mol. The Bertz CT molecular complexity index is 1110. The Kier molecular flexibility index (Phi) is 6.31. The lowest BCUT2D eigenvalue weighted by Gasteiger charge is -2.08. The molecule has 0 saturated carbocycles. The molecule has 0 aliphatic heterocycles. The Labute approximate surface area is 170 Å². The molecule has 1 aromatic heterocycles. The molecule has 0 bridgehead atoms. The highest BCUT2D eigenvalue weighted by Crippen LogP contribution is 2.31. The summed E-state index contributed by atoms with van der Waals surface area (Å²) in [5.41, 5.74) is 0.407. The van der Waals surface area contributed by atoms with E-state index in [-0.39, 0.29) is 29.4 Å². The Morgan fingerprint density at radius 1 is 1.07 bits per heavy atom. The van der Waals surface area contributed by atoms with E-state index in [2.05, 4.69) is 5.32 Å². The molecule has 9 heteroatoms. The molecule has 0 atom stereocenters. The van der Waals surface area contributed by atoms with Gasteiger partial charge in [0.15, 0.2) is 18.2 Å². The second kappa shape index (κ2) is 9.08. The van der Waals surface area contributed by atoms with Crippen molar-refractivity contribution in [3.63, 3.8) is 0 Å². The molecule has 1 N–H and O–H groups in total. The molecule has 2 aromatic carbocycles. The van der Waals surface area contributed by atoms with Gasteiger partial charge in [-0.3, -0.25) is 4.79 Å². The van der Waals surface area contributed by atoms with Crippen molar-refractivity contribution in [3.05, 3.63) is 59.6 Å². The number of anilines is 1. The molecule has 156 valence electrons. The lowest BCUT2D eigenvalue weighted by Crippen LogP contribution is -2.22. The van der Waals surface area contributed by atoms with Crippen molar-refractivity contribution in [2.45, 2.75) is 6.92 Å². The molecule has 0 aliphatic rings. The summed E-state index contributed by atoms with van der Waals surface area (Å²) in [6, 6.07) is 10.2. The van der Waals surface area contributed by atoms with Crippen LogP contribution in [0.3, 0.4) is 0 Å². The van der Waals surface area contributed by atoms with E-state index >= 15 is 0 Å². The van der Waals surface area contributed by atoms with Crippen LogP contribution in [0.15, 0.2) is 46.9 Å². The number of halogens is 1. The third kappa shape index (κ3) is 4.40. The summed E-state index contributed by atoms with van der Waals surface area (Å²) in [4.78, 5) is 36.5. The van der Waals surface area contributed by atoms with Crippen molar-refractivity contribution in [2.75, 3.05) is 25.6 Å². The molecule has 1 amide bonds. The number of carbonyl (C=O) groups is 3. The number of nitrogens with one attached hydrogen (secondary N) is 1. The third-order valence-electron chi connectivity index (χ3n) is 4.04. The lowest BCUT2D eigenvalue weighted by molar-refractivity contribution is -0.119. The van der Waals surface area contributed by atoms with Crippen molar-refractivity contribution in [3.8, 4) is 5.75 Å². The monoisotopic (exact) mass is 415 g/mol. The van der Waals surface area contributed by atoms with Gasteiger partial charge in [-0.2, -0.15) is 0 Å². The van der Waals surface area contributed by atoms with Crippen molar-refractivity contribution < 1.29 is 37.4 Å². The average Bonchev–Trinajstić information content (AvgIpc) is 3.10. The number of hydrogen-bond acceptors (Lipinski definition) is 7. The molecule has 0 radical (unpaired) electrons. The second-order valence-electron chi connectivity index (χ2n) is 6.00. The van der Waals surface area contributed by atoms with Crippen LogP contribution in [-0.2, 0) is 14.3 Å². The summed E-state index contributed by atoms with van der Waals surface area (Å²) < 4.78 is 33.9. The quantitative estimate of drug-likeness (QED) is 0.589. The van der Waals surface area contributed by atoms with Gasteiger partial charge in [-0.25, -0.2) is 14.0 Å². The Balaban J connectivity index is 1.72. The van der Waals surface area contributed by atoms with Gasteiger partial charge >= 0.3 is 11.9 Å². The van der Waals surface area contributed by atoms with Gasteiger partial charge in [0.2, 0.25) is 5.76 Å². The molecule has 0 aliphatic carbocycles. The molecule has 0 spiro atoms. The summed E-state index contributed by atoms with van der Waals surface area (Å²) in [6.07, 6.45) is 0. The Morgan fingerprint density at radius 2 is 1.83 bits per heavy atom. The average molecular weight is 415 g/mol. The van der Waals surface area contributed by atoms with Gasteiger partial charge in [-0.05, 0) is 37.3 Å². The molecule has 0 fully saturated rings. The minimum atomic E-state index is -0.894. The molecule has 30 heavy (non-hydrogen) atoms. The van der Waals surface area contributed by atoms with E-state index in [0.717, 1.165) is 6.07 Å². The summed E-state index contributed by atoms with van der Waals surface area (Å²) in [6.45, 7) is 1.10. The second-order valence-corrected chi connectivity index (χ2v) is 6.00. The number of fused-ring (bicyclic) bond motifs is 1. The molecule has 3 aromatic rings. The minimum Gasteiger partial charge on any atom is -0.494 e. The Morgan fingerprint density at radius 3 is 2.53 bits per heavy atom. The van der Waals surface area contributed by atoms with Crippen LogP contribution in [0.1, 0.15) is 27.8 Å². The topological polar surface area (TPSA) is 104 Å². The molecule has 3 rings (SSSR count). The van der Waals surface area contributed by atoms with Gasteiger partial charge in [-0.15, -0.1) is 0 Å². The fourth-order valence-electron chi connectivity index (χ4n) is 2.69. The largest absolute Gasteiger partial charge is 0.494 e. The maximum atomic E-state index is 13.7. The van der Waals surface area contributed by atoms with Crippen LogP contribution in [0.2, 0.25) is 0 Å². The van der Waals surface area contributed by atoms with Crippen LogP contribution in [0.25, 0.3) is 11.0 Å². The first-order valence-corrected chi connectivity index (χ1v) is 8.93. The van der Waals surface area contributed by atoms with E-state index in [0.29, 0.717) is 11.0 Å². The molecule has 0 unspecified atom stereocenters. The third-order valence-corrected chi connectivity index (χ3v) is 4.04. The number of benzene rings is 2. The normalized spacial score (nSPS) is 10.5. The predicted octanol–water partition coefficient (Wildman–Crippen LogP) is 3.55. The van der Waals surface area contributed by atoms with Crippen LogP contribution < -0.4 is 10.1 Å². The molecule has 0 saturated heterocycles. The highest BCUT2D eigenvalue weighted by atomic mass is 19.1. The maximum Gasteiger partial charge on any atom is 0.376 e. The highest BCUT2D eigenvalue weighted by Gasteiger charge is 2.23. The van der Waals surface area contributed by atoms with E-state index in [1.165, 1.54) is 19.2 Å². The number of furan rings is 1. The number of carbonyl (C=O) groups excluding carboxylic acids is 3. The number of hydrogen-bond donors (Lipinski definition) is 1. The van der Waals surface area contributed by atoms with Crippen molar-refractivity contribution in [1.29, 1.82) is 0 Å². The Hall–Kier alpha value is -3.88. The van der Waals surface area contributed by atoms with Gasteiger partial charge in [-0.1, -0.05) is 12.1 Å². The van der Waals surface area contributed by atoms with Crippen LogP contribution in [0, 0.1) is 5.82 Å². The van der Waals surface area contributed by atoms with Gasteiger partial charge in [0.1, 0.15) is 11.3 Å². The summed E-state index contributed by atoms with van der Waals surface area (Å²) in [5, 5.41) is 2.99. The summed E-state index contributed by atoms with van der Waals surface area (Å²) in [7, 11) is 1.30. The predicted molar refractivity (Wildman–Crippen MR) is 104 cm³/mol. The van der Waals surface area contributed by atoms with Gasteiger partial charge in [0, 0.05) is 5.39 Å². The first-order chi connectivity index (χ1) is 14.4. The van der Waals surface area contributed by atoms with E-state index in [1.807, 2.05) is 0 Å². The zero-order valence-electron chi connectivity index (χ0n) is 16.2. The fourth-order valence-corrected chi connectivity index (χ4v) is 2.69. The van der Waals surface area contributed by atoms with E-state index in [1.54, 1.807) is 31.2 Å². The van der Waals surface area contributed by atoms with Crippen LogP contribution in [0.4, 0.5) is 10.1 Å². The summed E-state index contributed by atoms with van der Waals surface area (Å²) in [5.74, 6) is -3.28. The van der Waals surface area contributed by atoms with E-state index < -0.39 is 30.3 Å². The lowest BCUT2D eigenvalue weighted by atomic mass is 10.2. The smallest absolute Gasteiger partial charge is 0.376 e.